The third-order valence-electron chi connectivity index (χ3n) is 2.17. The summed E-state index contributed by atoms with van der Waals surface area (Å²) in [6.45, 7) is 4.04. The molecule has 4 heteroatoms. The van der Waals surface area contributed by atoms with E-state index in [0.29, 0.717) is 24.2 Å². The predicted octanol–water partition coefficient (Wildman–Crippen LogP) is 3.06. The van der Waals surface area contributed by atoms with Gasteiger partial charge in [0.2, 0.25) is 0 Å². The van der Waals surface area contributed by atoms with Crippen LogP contribution >= 0.6 is 15.9 Å². The summed E-state index contributed by atoms with van der Waals surface area (Å²) in [6, 6.07) is 5.30. The Hall–Kier alpha value is -1.34. The number of benzene rings is 1. The molecule has 0 unspecified atom stereocenters. The molecule has 0 radical (unpaired) electrons. The van der Waals surface area contributed by atoms with E-state index in [4.69, 9.17) is 10.00 Å². The van der Waals surface area contributed by atoms with Crippen molar-refractivity contribution in [1.29, 1.82) is 5.26 Å². The first-order valence-electron chi connectivity index (χ1n) is 5.03. The Morgan fingerprint density at radius 2 is 2.19 bits per heavy atom. The van der Waals surface area contributed by atoms with E-state index >= 15 is 0 Å². The minimum atomic E-state index is -0.378. The fourth-order valence-corrected chi connectivity index (χ4v) is 2.19. The lowest BCUT2D eigenvalue weighted by Gasteiger charge is -2.09. The number of hydrogen-bond donors (Lipinski definition) is 0. The summed E-state index contributed by atoms with van der Waals surface area (Å²) >= 11 is 3.36. The second-order valence-corrected chi connectivity index (χ2v) is 4.02. The Balaban J connectivity index is 3.29. The van der Waals surface area contributed by atoms with Gasteiger partial charge in [0.1, 0.15) is 0 Å². The summed E-state index contributed by atoms with van der Waals surface area (Å²) in [5.74, 6) is -0.378. The van der Waals surface area contributed by atoms with Crippen molar-refractivity contribution >= 4 is 21.9 Å². The second kappa shape index (κ2) is 5.66. The molecule has 0 amide bonds. The molecule has 0 aromatic heterocycles. The van der Waals surface area contributed by atoms with Gasteiger partial charge in [-0.05, 0) is 31.0 Å². The van der Waals surface area contributed by atoms with Gasteiger partial charge < -0.3 is 4.74 Å². The number of rotatable bonds is 3. The Morgan fingerprint density at radius 3 is 2.69 bits per heavy atom. The first kappa shape index (κ1) is 12.7. The molecule has 0 heterocycles. The monoisotopic (exact) mass is 281 g/mol. The van der Waals surface area contributed by atoms with Crippen LogP contribution in [0.3, 0.4) is 0 Å². The molecule has 0 aliphatic carbocycles. The zero-order valence-electron chi connectivity index (χ0n) is 9.21. The summed E-state index contributed by atoms with van der Waals surface area (Å²) in [5.41, 5.74) is 1.79. The summed E-state index contributed by atoms with van der Waals surface area (Å²) < 4.78 is 5.73. The van der Waals surface area contributed by atoms with Gasteiger partial charge in [0.05, 0.1) is 23.8 Å². The predicted molar refractivity (Wildman–Crippen MR) is 64.2 cm³/mol. The number of halogens is 1. The average molecular weight is 282 g/mol. The highest BCUT2D eigenvalue weighted by molar-refractivity contribution is 9.10. The molecule has 0 spiro atoms. The van der Waals surface area contributed by atoms with Crippen LogP contribution in [0.4, 0.5) is 0 Å². The molecule has 16 heavy (non-hydrogen) atoms. The second-order valence-electron chi connectivity index (χ2n) is 3.17. The molecular formula is C12H12BrNO2. The Morgan fingerprint density at radius 1 is 1.50 bits per heavy atom. The summed E-state index contributed by atoms with van der Waals surface area (Å²) in [7, 11) is 0. The average Bonchev–Trinajstić information content (AvgIpc) is 2.28. The van der Waals surface area contributed by atoms with Crippen LogP contribution < -0.4 is 0 Å². The minimum Gasteiger partial charge on any atom is -0.462 e. The molecule has 0 bridgehead atoms. The first-order valence-corrected chi connectivity index (χ1v) is 5.82. The molecule has 0 aliphatic rings. The summed E-state index contributed by atoms with van der Waals surface area (Å²) in [4.78, 5) is 11.7. The van der Waals surface area contributed by atoms with Crippen molar-refractivity contribution < 1.29 is 9.53 Å². The highest BCUT2D eigenvalue weighted by Crippen LogP contribution is 2.24. The lowest BCUT2D eigenvalue weighted by Crippen LogP contribution is -2.09. The van der Waals surface area contributed by atoms with E-state index in [2.05, 4.69) is 15.9 Å². The van der Waals surface area contributed by atoms with Gasteiger partial charge in [-0.25, -0.2) is 4.79 Å². The van der Waals surface area contributed by atoms with Gasteiger partial charge in [0.25, 0.3) is 0 Å². The summed E-state index contributed by atoms with van der Waals surface area (Å²) in [6.07, 6.45) is 0.709. The zero-order valence-corrected chi connectivity index (χ0v) is 10.8. The van der Waals surface area contributed by atoms with E-state index in [1.54, 1.807) is 19.1 Å². The molecule has 84 valence electrons. The summed E-state index contributed by atoms with van der Waals surface area (Å²) in [5, 5.41) is 8.84. The number of hydrogen-bond acceptors (Lipinski definition) is 3. The van der Waals surface area contributed by atoms with E-state index in [-0.39, 0.29) is 5.97 Å². The number of ether oxygens (including phenoxy) is 1. The molecule has 0 saturated heterocycles. The van der Waals surface area contributed by atoms with Crippen LogP contribution in [0.15, 0.2) is 16.6 Å². The normalized spacial score (nSPS) is 9.62. The molecule has 0 aliphatic heterocycles. The van der Waals surface area contributed by atoms with E-state index in [1.807, 2.05) is 13.0 Å². The van der Waals surface area contributed by atoms with Crippen molar-refractivity contribution in [2.45, 2.75) is 20.3 Å². The van der Waals surface area contributed by atoms with Crippen molar-refractivity contribution in [3.05, 3.63) is 33.3 Å². The van der Waals surface area contributed by atoms with Gasteiger partial charge in [0, 0.05) is 4.47 Å². The number of nitriles is 1. The third kappa shape index (κ3) is 2.61. The van der Waals surface area contributed by atoms with Gasteiger partial charge >= 0.3 is 5.97 Å². The van der Waals surface area contributed by atoms with E-state index < -0.39 is 0 Å². The van der Waals surface area contributed by atoms with Crippen LogP contribution in [0.25, 0.3) is 0 Å². The maximum Gasteiger partial charge on any atom is 0.338 e. The van der Waals surface area contributed by atoms with E-state index in [9.17, 15) is 4.79 Å². The lowest BCUT2D eigenvalue weighted by atomic mass is 10.0. The maximum absolute atomic E-state index is 11.7. The molecule has 1 aromatic rings. The van der Waals surface area contributed by atoms with E-state index in [0.717, 1.165) is 10.0 Å². The largest absolute Gasteiger partial charge is 0.462 e. The van der Waals surface area contributed by atoms with Crippen molar-refractivity contribution in [2.24, 2.45) is 0 Å². The molecule has 0 saturated carbocycles. The SMILES string of the molecule is CCOC(=O)c1cc(C#N)cc(Br)c1CC. The van der Waals surface area contributed by atoms with Gasteiger partial charge in [-0.3, -0.25) is 0 Å². The van der Waals surface area contributed by atoms with Gasteiger partial charge in [-0.1, -0.05) is 22.9 Å². The maximum atomic E-state index is 11.7. The Labute approximate surface area is 103 Å². The van der Waals surface area contributed by atoms with Crippen LogP contribution in [-0.2, 0) is 11.2 Å². The zero-order chi connectivity index (χ0) is 12.1. The highest BCUT2D eigenvalue weighted by atomic mass is 79.9. The van der Waals surface area contributed by atoms with Crippen LogP contribution in [0.5, 0.6) is 0 Å². The smallest absolute Gasteiger partial charge is 0.338 e. The Bertz CT molecular complexity index is 449. The number of carbonyl (C=O) groups excluding carboxylic acids is 1. The number of esters is 1. The highest BCUT2D eigenvalue weighted by Gasteiger charge is 2.15. The quantitative estimate of drug-likeness (QED) is 0.800. The third-order valence-corrected chi connectivity index (χ3v) is 2.88. The number of carbonyl (C=O) groups is 1. The van der Waals surface area contributed by atoms with Crippen molar-refractivity contribution in [3.63, 3.8) is 0 Å². The fourth-order valence-electron chi connectivity index (χ4n) is 1.45. The molecule has 0 atom stereocenters. The van der Waals surface area contributed by atoms with Gasteiger partial charge in [0.15, 0.2) is 0 Å². The van der Waals surface area contributed by atoms with Crippen LogP contribution in [0.1, 0.15) is 35.3 Å². The molecule has 0 fully saturated rings. The Kier molecular flexibility index (Phi) is 4.51. The topological polar surface area (TPSA) is 50.1 Å². The molecule has 1 aromatic carbocycles. The minimum absolute atomic E-state index is 0.330. The number of nitrogens with zero attached hydrogens (tertiary/aromatic N) is 1. The van der Waals surface area contributed by atoms with Gasteiger partial charge in [-0.2, -0.15) is 5.26 Å². The van der Waals surface area contributed by atoms with Crippen LogP contribution in [-0.4, -0.2) is 12.6 Å². The van der Waals surface area contributed by atoms with Crippen molar-refractivity contribution in [2.75, 3.05) is 6.61 Å². The van der Waals surface area contributed by atoms with Crippen LogP contribution in [0, 0.1) is 11.3 Å². The fraction of sp³-hybridized carbons (Fsp3) is 0.333. The van der Waals surface area contributed by atoms with Crippen molar-refractivity contribution in [1.82, 2.24) is 0 Å². The molecule has 3 nitrogen and oxygen atoms in total. The van der Waals surface area contributed by atoms with E-state index in [1.165, 1.54) is 0 Å². The first-order chi connectivity index (χ1) is 7.63. The van der Waals surface area contributed by atoms with Gasteiger partial charge in [-0.15, -0.1) is 0 Å². The standard InChI is InChI=1S/C12H12BrNO2/c1-3-9-10(12(15)16-4-2)5-8(7-14)6-11(9)13/h5-6H,3-4H2,1-2H3. The van der Waals surface area contributed by atoms with Crippen LogP contribution in [0.2, 0.25) is 0 Å². The lowest BCUT2D eigenvalue weighted by molar-refractivity contribution is 0.0525. The molecule has 1 rings (SSSR count). The molecular weight excluding hydrogens is 270 g/mol. The van der Waals surface area contributed by atoms with Crippen molar-refractivity contribution in [3.8, 4) is 6.07 Å². The molecule has 0 N–H and O–H groups in total.